The molecule has 3 rings (SSSR count). The first kappa shape index (κ1) is 16.5. The van der Waals surface area contributed by atoms with Gasteiger partial charge in [0.05, 0.1) is 37.2 Å². The number of allylic oxidation sites excluding steroid dienone is 2. The number of aromatic nitrogens is 2. The van der Waals surface area contributed by atoms with Crippen molar-refractivity contribution >= 4 is 28.7 Å². The summed E-state index contributed by atoms with van der Waals surface area (Å²) in [6.45, 7) is 0. The second-order valence-electron chi connectivity index (χ2n) is 5.34. The number of fused-ring (bicyclic) bond motifs is 1. The van der Waals surface area contributed by atoms with Crippen molar-refractivity contribution in [1.29, 1.82) is 0 Å². The molecule has 0 saturated carbocycles. The van der Waals surface area contributed by atoms with Crippen molar-refractivity contribution in [1.82, 2.24) is 9.55 Å². The Balaban J connectivity index is 2.20. The van der Waals surface area contributed by atoms with Gasteiger partial charge in [0.2, 0.25) is 0 Å². The summed E-state index contributed by atoms with van der Waals surface area (Å²) in [5.74, 6) is -1.26. The maximum absolute atomic E-state index is 12.4. The molecule has 0 N–H and O–H groups in total. The first-order chi connectivity index (χ1) is 12.1. The first-order valence-corrected chi connectivity index (χ1v) is 7.53. The van der Waals surface area contributed by atoms with Crippen LogP contribution in [0.15, 0.2) is 60.2 Å². The standard InChI is InChI=1S/C18H17N3O4/c1-20-11-19-14-8-7-12(10-15(14)20)21-9-5-4-6-13(17(22)24-2)16(21)18(23)25-3/h4-11H,1-3H3. The van der Waals surface area contributed by atoms with Gasteiger partial charge in [0.25, 0.3) is 0 Å². The number of hydrogen-bond acceptors (Lipinski definition) is 6. The number of imidazole rings is 1. The van der Waals surface area contributed by atoms with Crippen LogP contribution in [0.5, 0.6) is 0 Å². The number of anilines is 1. The second-order valence-corrected chi connectivity index (χ2v) is 5.34. The number of aryl methyl sites for hydroxylation is 1. The summed E-state index contributed by atoms with van der Waals surface area (Å²) in [6, 6.07) is 5.56. The van der Waals surface area contributed by atoms with Gasteiger partial charge in [-0.2, -0.15) is 0 Å². The summed E-state index contributed by atoms with van der Waals surface area (Å²) in [5.41, 5.74) is 2.62. The quantitative estimate of drug-likeness (QED) is 0.797. The largest absolute Gasteiger partial charge is 0.465 e. The fourth-order valence-corrected chi connectivity index (χ4v) is 2.63. The van der Waals surface area contributed by atoms with Crippen LogP contribution in [0.2, 0.25) is 0 Å². The van der Waals surface area contributed by atoms with Crippen LogP contribution >= 0.6 is 0 Å². The second kappa shape index (κ2) is 6.64. The van der Waals surface area contributed by atoms with Crippen LogP contribution in [0, 0.1) is 0 Å². The van der Waals surface area contributed by atoms with E-state index < -0.39 is 11.9 Å². The monoisotopic (exact) mass is 339 g/mol. The Bertz CT molecular complexity index is 937. The van der Waals surface area contributed by atoms with Gasteiger partial charge in [-0.15, -0.1) is 0 Å². The molecule has 0 bridgehead atoms. The molecule has 0 radical (unpaired) electrons. The third-order valence-corrected chi connectivity index (χ3v) is 3.88. The van der Waals surface area contributed by atoms with Crippen LogP contribution in [0.1, 0.15) is 0 Å². The van der Waals surface area contributed by atoms with Crippen molar-refractivity contribution in [2.45, 2.75) is 0 Å². The van der Waals surface area contributed by atoms with Gasteiger partial charge in [0.15, 0.2) is 0 Å². The van der Waals surface area contributed by atoms with Gasteiger partial charge in [0.1, 0.15) is 5.70 Å². The molecule has 0 fully saturated rings. The summed E-state index contributed by atoms with van der Waals surface area (Å²) in [5, 5.41) is 0. The molecule has 25 heavy (non-hydrogen) atoms. The highest BCUT2D eigenvalue weighted by molar-refractivity contribution is 6.05. The van der Waals surface area contributed by atoms with Gasteiger partial charge >= 0.3 is 11.9 Å². The number of esters is 2. The topological polar surface area (TPSA) is 73.7 Å². The zero-order valence-corrected chi connectivity index (χ0v) is 14.1. The fraction of sp³-hybridized carbons (Fsp3) is 0.167. The number of ether oxygens (including phenoxy) is 2. The van der Waals surface area contributed by atoms with Crippen molar-refractivity contribution in [2.75, 3.05) is 19.1 Å². The minimum absolute atomic E-state index is 0.0841. The Morgan fingerprint density at radius 2 is 1.84 bits per heavy atom. The van der Waals surface area contributed by atoms with Crippen LogP contribution in [-0.4, -0.2) is 35.7 Å². The van der Waals surface area contributed by atoms with Gasteiger partial charge in [-0.25, -0.2) is 14.6 Å². The summed E-state index contributed by atoms with van der Waals surface area (Å²) in [4.78, 5) is 30.4. The molecule has 7 nitrogen and oxygen atoms in total. The number of carbonyl (C=O) groups is 2. The Labute approximate surface area is 144 Å². The molecule has 0 unspecified atom stereocenters. The summed E-state index contributed by atoms with van der Waals surface area (Å²) >= 11 is 0. The van der Waals surface area contributed by atoms with E-state index in [4.69, 9.17) is 9.47 Å². The summed E-state index contributed by atoms with van der Waals surface area (Å²) < 4.78 is 11.6. The summed E-state index contributed by atoms with van der Waals surface area (Å²) in [6.07, 6.45) is 8.32. The highest BCUT2D eigenvalue weighted by atomic mass is 16.5. The molecule has 7 heteroatoms. The van der Waals surface area contributed by atoms with Crippen LogP contribution < -0.4 is 4.90 Å². The number of methoxy groups -OCH3 is 2. The van der Waals surface area contributed by atoms with E-state index in [9.17, 15) is 9.59 Å². The van der Waals surface area contributed by atoms with E-state index >= 15 is 0 Å². The van der Waals surface area contributed by atoms with Crippen molar-refractivity contribution in [3.8, 4) is 0 Å². The van der Waals surface area contributed by atoms with Crippen molar-refractivity contribution in [3.63, 3.8) is 0 Å². The predicted octanol–water partition coefficient (Wildman–Crippen LogP) is 2.06. The average molecular weight is 339 g/mol. The fourth-order valence-electron chi connectivity index (χ4n) is 2.63. The van der Waals surface area contributed by atoms with Gasteiger partial charge in [-0.3, -0.25) is 0 Å². The molecular formula is C18H17N3O4. The Kier molecular flexibility index (Phi) is 4.38. The van der Waals surface area contributed by atoms with Gasteiger partial charge in [0, 0.05) is 18.9 Å². The van der Waals surface area contributed by atoms with Crippen LogP contribution in [-0.2, 0) is 26.1 Å². The lowest BCUT2D eigenvalue weighted by Gasteiger charge is -2.23. The molecule has 1 aromatic heterocycles. The molecule has 0 spiro atoms. The van der Waals surface area contributed by atoms with Crippen LogP contribution in [0.4, 0.5) is 5.69 Å². The van der Waals surface area contributed by atoms with Crippen molar-refractivity contribution < 1.29 is 19.1 Å². The maximum Gasteiger partial charge on any atom is 0.355 e. The molecule has 128 valence electrons. The van der Waals surface area contributed by atoms with Gasteiger partial charge in [-0.05, 0) is 30.4 Å². The minimum Gasteiger partial charge on any atom is -0.465 e. The van der Waals surface area contributed by atoms with E-state index in [0.717, 1.165) is 11.0 Å². The summed E-state index contributed by atoms with van der Waals surface area (Å²) in [7, 11) is 4.42. The number of benzene rings is 1. The van der Waals surface area contributed by atoms with Gasteiger partial charge in [-0.1, -0.05) is 6.08 Å². The third kappa shape index (κ3) is 2.91. The van der Waals surface area contributed by atoms with Crippen molar-refractivity contribution in [2.24, 2.45) is 7.05 Å². The lowest BCUT2D eigenvalue weighted by atomic mass is 10.1. The Morgan fingerprint density at radius 1 is 1.08 bits per heavy atom. The molecule has 1 aliphatic rings. The van der Waals surface area contributed by atoms with E-state index in [1.54, 1.807) is 29.6 Å². The number of rotatable bonds is 3. The first-order valence-electron chi connectivity index (χ1n) is 7.53. The smallest absolute Gasteiger partial charge is 0.355 e. The Morgan fingerprint density at radius 3 is 2.56 bits per heavy atom. The molecule has 0 aliphatic carbocycles. The van der Waals surface area contributed by atoms with Crippen LogP contribution in [0.25, 0.3) is 11.0 Å². The Hall–Kier alpha value is -3.35. The van der Waals surface area contributed by atoms with E-state index in [1.165, 1.54) is 20.3 Å². The molecule has 0 saturated heterocycles. The lowest BCUT2D eigenvalue weighted by molar-refractivity contribution is -0.139. The lowest BCUT2D eigenvalue weighted by Crippen LogP contribution is -2.26. The SMILES string of the molecule is COC(=O)C1=C(C(=O)OC)N(c2ccc3ncn(C)c3c2)C=CC=C1. The molecule has 2 aromatic rings. The molecule has 1 aromatic carbocycles. The molecular weight excluding hydrogens is 322 g/mol. The molecule has 2 heterocycles. The normalized spacial score (nSPS) is 14.0. The molecule has 1 aliphatic heterocycles. The maximum atomic E-state index is 12.4. The zero-order valence-electron chi connectivity index (χ0n) is 14.1. The average Bonchev–Trinajstić information content (AvgIpc) is 2.87. The molecule has 0 atom stereocenters. The predicted molar refractivity (Wildman–Crippen MR) is 92.5 cm³/mol. The number of hydrogen-bond donors (Lipinski definition) is 0. The number of nitrogens with zero attached hydrogens (tertiary/aromatic N) is 3. The van der Waals surface area contributed by atoms with E-state index in [1.807, 2.05) is 29.8 Å². The highest BCUT2D eigenvalue weighted by Crippen LogP contribution is 2.28. The van der Waals surface area contributed by atoms with E-state index in [-0.39, 0.29) is 11.3 Å². The highest BCUT2D eigenvalue weighted by Gasteiger charge is 2.27. The number of carbonyl (C=O) groups excluding carboxylic acids is 2. The van der Waals surface area contributed by atoms with E-state index in [0.29, 0.717) is 5.69 Å². The van der Waals surface area contributed by atoms with E-state index in [2.05, 4.69) is 4.98 Å². The van der Waals surface area contributed by atoms with Crippen molar-refractivity contribution in [3.05, 3.63) is 60.2 Å². The minimum atomic E-state index is -0.637. The van der Waals surface area contributed by atoms with Gasteiger partial charge < -0.3 is 18.9 Å². The third-order valence-electron chi connectivity index (χ3n) is 3.88. The van der Waals surface area contributed by atoms with Crippen LogP contribution in [0.3, 0.4) is 0 Å². The molecule has 0 amide bonds. The zero-order chi connectivity index (χ0) is 18.0.